The second-order valence-electron chi connectivity index (χ2n) is 6.12. The van der Waals surface area contributed by atoms with E-state index in [1.165, 1.54) is 45.3 Å². The van der Waals surface area contributed by atoms with Gasteiger partial charge in [-0.2, -0.15) is 0 Å². The molecule has 1 aliphatic heterocycles. The Kier molecular flexibility index (Phi) is 5.93. The molecule has 2 atom stereocenters. The van der Waals surface area contributed by atoms with Gasteiger partial charge in [0.15, 0.2) is 0 Å². The number of hydrogen-bond acceptors (Lipinski definition) is 3. The highest BCUT2D eigenvalue weighted by molar-refractivity contribution is 4.80. The first-order valence-electron chi connectivity index (χ1n) is 7.83. The van der Waals surface area contributed by atoms with E-state index in [1.807, 2.05) is 0 Å². The number of nitrogens with one attached hydrogen (secondary N) is 1. The molecule has 2 rings (SSSR count). The molecule has 0 aromatic carbocycles. The van der Waals surface area contributed by atoms with Crippen LogP contribution in [0.1, 0.15) is 39.5 Å². The first-order valence-corrected chi connectivity index (χ1v) is 7.83. The molecule has 18 heavy (non-hydrogen) atoms. The lowest BCUT2D eigenvalue weighted by atomic mass is 9.99. The van der Waals surface area contributed by atoms with Crippen LogP contribution in [0.3, 0.4) is 0 Å². The quantitative estimate of drug-likeness (QED) is 0.704. The van der Waals surface area contributed by atoms with E-state index in [-0.39, 0.29) is 0 Å². The lowest BCUT2D eigenvalue weighted by molar-refractivity contribution is 0.0935. The van der Waals surface area contributed by atoms with Gasteiger partial charge in [0.2, 0.25) is 0 Å². The molecule has 0 spiro atoms. The summed E-state index contributed by atoms with van der Waals surface area (Å²) < 4.78 is 5.76. The Morgan fingerprint density at radius 2 is 2.22 bits per heavy atom. The Labute approximate surface area is 112 Å². The molecule has 0 aromatic rings. The van der Waals surface area contributed by atoms with Crippen molar-refractivity contribution in [3.05, 3.63) is 0 Å². The fourth-order valence-corrected chi connectivity index (χ4v) is 2.62. The third-order valence-corrected chi connectivity index (χ3v) is 4.45. The van der Waals surface area contributed by atoms with E-state index in [4.69, 9.17) is 4.74 Å². The predicted molar refractivity (Wildman–Crippen MR) is 75.8 cm³/mol. The van der Waals surface area contributed by atoms with Gasteiger partial charge in [-0.25, -0.2) is 0 Å². The number of rotatable bonds is 7. The van der Waals surface area contributed by atoms with Gasteiger partial charge in [0, 0.05) is 25.7 Å². The van der Waals surface area contributed by atoms with E-state index in [9.17, 15) is 0 Å². The van der Waals surface area contributed by atoms with Crippen molar-refractivity contribution < 1.29 is 4.74 Å². The first-order chi connectivity index (χ1) is 8.79. The van der Waals surface area contributed by atoms with Crippen LogP contribution in [-0.2, 0) is 4.74 Å². The van der Waals surface area contributed by atoms with Crippen LogP contribution in [0, 0.1) is 11.8 Å². The van der Waals surface area contributed by atoms with Crippen molar-refractivity contribution in [1.82, 2.24) is 10.2 Å². The molecular weight excluding hydrogens is 224 g/mol. The van der Waals surface area contributed by atoms with E-state index >= 15 is 0 Å². The lowest BCUT2D eigenvalue weighted by Crippen LogP contribution is -2.42. The molecular formula is C15H30N2O. The molecule has 1 aliphatic carbocycles. The van der Waals surface area contributed by atoms with E-state index in [0.717, 1.165) is 31.6 Å². The summed E-state index contributed by atoms with van der Waals surface area (Å²) in [5.74, 6) is 1.67. The van der Waals surface area contributed by atoms with Crippen molar-refractivity contribution in [1.29, 1.82) is 0 Å². The molecule has 1 N–H and O–H groups in total. The molecule has 2 unspecified atom stereocenters. The van der Waals surface area contributed by atoms with Crippen molar-refractivity contribution in [2.75, 3.05) is 39.4 Å². The maximum atomic E-state index is 5.76. The van der Waals surface area contributed by atoms with Gasteiger partial charge in [0.25, 0.3) is 0 Å². The van der Waals surface area contributed by atoms with Crippen LogP contribution in [-0.4, -0.2) is 50.3 Å². The largest absolute Gasteiger partial charge is 0.380 e. The van der Waals surface area contributed by atoms with E-state index < -0.39 is 0 Å². The average molecular weight is 254 g/mol. The monoisotopic (exact) mass is 254 g/mol. The average Bonchev–Trinajstić information content (AvgIpc) is 3.20. The molecule has 0 amide bonds. The fourth-order valence-electron chi connectivity index (χ4n) is 2.62. The fraction of sp³-hybridized carbons (Fsp3) is 1.00. The minimum Gasteiger partial charge on any atom is -0.380 e. The summed E-state index contributed by atoms with van der Waals surface area (Å²) in [4.78, 5) is 2.59. The van der Waals surface area contributed by atoms with Gasteiger partial charge in [-0.05, 0) is 44.2 Å². The molecule has 3 nitrogen and oxygen atoms in total. The Morgan fingerprint density at radius 3 is 2.94 bits per heavy atom. The first kappa shape index (κ1) is 14.3. The highest BCUT2D eigenvalue weighted by atomic mass is 16.5. The third kappa shape index (κ3) is 4.87. The Hall–Kier alpha value is -0.120. The minimum atomic E-state index is 0.668. The third-order valence-electron chi connectivity index (χ3n) is 4.45. The zero-order valence-electron chi connectivity index (χ0n) is 12.2. The SMILES string of the molecule is CCC(C)C1CN(CCOCC2CC2)CCCN1. The van der Waals surface area contributed by atoms with Gasteiger partial charge in [-0.3, -0.25) is 4.90 Å². The summed E-state index contributed by atoms with van der Waals surface area (Å²) in [6.07, 6.45) is 5.33. The maximum Gasteiger partial charge on any atom is 0.0593 e. The Balaban J connectivity index is 1.65. The molecule has 1 saturated carbocycles. The minimum absolute atomic E-state index is 0.668. The number of ether oxygens (including phenoxy) is 1. The predicted octanol–water partition coefficient (Wildman–Crippen LogP) is 2.12. The van der Waals surface area contributed by atoms with Crippen molar-refractivity contribution >= 4 is 0 Å². The molecule has 1 heterocycles. The second kappa shape index (κ2) is 7.46. The van der Waals surface area contributed by atoms with Crippen molar-refractivity contribution in [2.45, 2.75) is 45.6 Å². The van der Waals surface area contributed by atoms with Crippen LogP contribution >= 0.6 is 0 Å². The summed E-state index contributed by atoms with van der Waals surface area (Å²) in [5, 5.41) is 3.70. The van der Waals surface area contributed by atoms with Gasteiger partial charge < -0.3 is 10.1 Å². The van der Waals surface area contributed by atoms with Crippen molar-refractivity contribution in [2.24, 2.45) is 11.8 Å². The molecule has 0 radical (unpaired) electrons. The summed E-state index contributed by atoms with van der Waals surface area (Å²) in [6.45, 7) is 11.3. The molecule has 2 aliphatic rings. The van der Waals surface area contributed by atoms with Crippen molar-refractivity contribution in [3.8, 4) is 0 Å². The van der Waals surface area contributed by atoms with E-state index in [1.54, 1.807) is 0 Å². The van der Waals surface area contributed by atoms with Gasteiger partial charge in [-0.1, -0.05) is 20.3 Å². The summed E-state index contributed by atoms with van der Waals surface area (Å²) in [5.41, 5.74) is 0. The molecule has 0 aromatic heterocycles. The summed E-state index contributed by atoms with van der Waals surface area (Å²) in [6, 6.07) is 0.668. The summed E-state index contributed by atoms with van der Waals surface area (Å²) in [7, 11) is 0. The molecule has 106 valence electrons. The number of nitrogens with zero attached hydrogens (tertiary/aromatic N) is 1. The highest BCUT2D eigenvalue weighted by Gasteiger charge is 2.23. The van der Waals surface area contributed by atoms with Crippen LogP contribution in [0.25, 0.3) is 0 Å². The maximum absolute atomic E-state index is 5.76. The normalized spacial score (nSPS) is 28.0. The number of hydrogen-bond donors (Lipinski definition) is 1. The smallest absolute Gasteiger partial charge is 0.0593 e. The topological polar surface area (TPSA) is 24.5 Å². The van der Waals surface area contributed by atoms with Gasteiger partial charge in [0.1, 0.15) is 0 Å². The molecule has 3 heteroatoms. The van der Waals surface area contributed by atoms with Gasteiger partial charge in [0.05, 0.1) is 6.61 Å². The standard InChI is InChI=1S/C15H30N2O/c1-3-13(2)15-11-17(8-4-7-16-15)9-10-18-12-14-5-6-14/h13-16H,3-12H2,1-2H3. The summed E-state index contributed by atoms with van der Waals surface area (Å²) >= 11 is 0. The van der Waals surface area contributed by atoms with Crippen LogP contribution < -0.4 is 5.32 Å². The molecule has 2 fully saturated rings. The van der Waals surface area contributed by atoms with Crippen LogP contribution in [0.4, 0.5) is 0 Å². The van der Waals surface area contributed by atoms with Gasteiger partial charge in [-0.15, -0.1) is 0 Å². The second-order valence-corrected chi connectivity index (χ2v) is 6.12. The van der Waals surface area contributed by atoms with Crippen LogP contribution in [0.5, 0.6) is 0 Å². The lowest BCUT2D eigenvalue weighted by Gasteiger charge is -2.27. The zero-order chi connectivity index (χ0) is 12.8. The van der Waals surface area contributed by atoms with Crippen molar-refractivity contribution in [3.63, 3.8) is 0 Å². The van der Waals surface area contributed by atoms with Crippen LogP contribution in [0.2, 0.25) is 0 Å². The Bertz CT molecular complexity index is 231. The molecule has 0 bridgehead atoms. The van der Waals surface area contributed by atoms with E-state index in [2.05, 4.69) is 24.1 Å². The highest BCUT2D eigenvalue weighted by Crippen LogP contribution is 2.28. The van der Waals surface area contributed by atoms with E-state index in [0.29, 0.717) is 6.04 Å². The molecule has 1 saturated heterocycles. The zero-order valence-corrected chi connectivity index (χ0v) is 12.2. The van der Waals surface area contributed by atoms with Crippen LogP contribution in [0.15, 0.2) is 0 Å². The Morgan fingerprint density at radius 1 is 1.39 bits per heavy atom. The van der Waals surface area contributed by atoms with Gasteiger partial charge >= 0.3 is 0 Å².